The van der Waals surface area contributed by atoms with Crippen LogP contribution in [-0.2, 0) is 6.54 Å². The van der Waals surface area contributed by atoms with Crippen molar-refractivity contribution in [2.24, 2.45) is 0 Å². The maximum Gasteiger partial charge on any atom is 0.270 e. The number of nitrogens with one attached hydrogen (secondary N) is 1. The average Bonchev–Trinajstić information content (AvgIpc) is 2.93. The number of nitrogens with zero attached hydrogens (tertiary/aromatic N) is 4. The molecule has 1 N–H and O–H groups in total. The number of benzene rings is 1. The van der Waals surface area contributed by atoms with Crippen molar-refractivity contribution < 1.29 is 9.53 Å². The van der Waals surface area contributed by atoms with E-state index in [2.05, 4.69) is 27.7 Å². The lowest BCUT2D eigenvalue weighted by Gasteiger charge is -2.04. The van der Waals surface area contributed by atoms with Crippen LogP contribution in [-0.4, -0.2) is 32.7 Å². The van der Waals surface area contributed by atoms with Gasteiger partial charge in [-0.2, -0.15) is 4.80 Å². The van der Waals surface area contributed by atoms with Crippen LogP contribution < -0.4 is 10.1 Å². The molecular formula is C14H19N5O2. The molecule has 0 fully saturated rings. The summed E-state index contributed by atoms with van der Waals surface area (Å²) in [6, 6.07) is 6.90. The van der Waals surface area contributed by atoms with E-state index in [0.29, 0.717) is 18.7 Å². The molecule has 112 valence electrons. The van der Waals surface area contributed by atoms with Gasteiger partial charge in [0.2, 0.25) is 0 Å². The highest BCUT2D eigenvalue weighted by Crippen LogP contribution is 2.12. The lowest BCUT2D eigenvalue weighted by Crippen LogP contribution is -2.13. The summed E-state index contributed by atoms with van der Waals surface area (Å²) in [7, 11) is 0. The fourth-order valence-electron chi connectivity index (χ4n) is 1.73. The summed E-state index contributed by atoms with van der Waals surface area (Å²) in [4.78, 5) is 13.5. The van der Waals surface area contributed by atoms with E-state index >= 15 is 0 Å². The van der Waals surface area contributed by atoms with Crippen molar-refractivity contribution in [3.8, 4) is 5.75 Å². The number of amides is 1. The van der Waals surface area contributed by atoms with Crippen molar-refractivity contribution in [2.75, 3.05) is 11.9 Å². The molecule has 0 unspecified atom stereocenters. The van der Waals surface area contributed by atoms with E-state index in [1.54, 1.807) is 24.3 Å². The standard InChI is InChI=1S/C14H19N5O2/c1-3-5-10-19-17-14(16-18-19)15-13(20)11-6-8-12(9-7-11)21-4-2/h6-9H,3-5,10H2,1-2H3,(H,15,17,20). The highest BCUT2D eigenvalue weighted by molar-refractivity contribution is 6.03. The first-order valence-corrected chi connectivity index (χ1v) is 7.05. The molecule has 0 aliphatic heterocycles. The Morgan fingerprint density at radius 1 is 1.29 bits per heavy atom. The Kier molecular flexibility index (Phi) is 5.25. The van der Waals surface area contributed by atoms with Crippen molar-refractivity contribution in [2.45, 2.75) is 33.2 Å². The maximum absolute atomic E-state index is 12.0. The van der Waals surface area contributed by atoms with Crippen LogP contribution in [0.5, 0.6) is 5.75 Å². The van der Waals surface area contributed by atoms with Gasteiger partial charge in [0, 0.05) is 5.56 Å². The first kappa shape index (κ1) is 15.0. The van der Waals surface area contributed by atoms with E-state index in [-0.39, 0.29) is 11.9 Å². The number of ether oxygens (including phenoxy) is 1. The molecule has 2 rings (SSSR count). The van der Waals surface area contributed by atoms with E-state index in [1.165, 1.54) is 4.80 Å². The van der Waals surface area contributed by atoms with E-state index < -0.39 is 0 Å². The van der Waals surface area contributed by atoms with Crippen LogP contribution in [0.1, 0.15) is 37.0 Å². The highest BCUT2D eigenvalue weighted by atomic mass is 16.5. The summed E-state index contributed by atoms with van der Waals surface area (Å²) in [6.07, 6.45) is 2.03. The highest BCUT2D eigenvalue weighted by Gasteiger charge is 2.10. The van der Waals surface area contributed by atoms with Crippen LogP contribution in [0.15, 0.2) is 24.3 Å². The second-order valence-corrected chi connectivity index (χ2v) is 4.47. The Balaban J connectivity index is 1.95. The minimum Gasteiger partial charge on any atom is -0.494 e. The Labute approximate surface area is 123 Å². The molecule has 0 radical (unpaired) electrons. The van der Waals surface area contributed by atoms with Gasteiger partial charge in [-0.1, -0.05) is 18.4 Å². The number of rotatable bonds is 7. The number of unbranched alkanes of at least 4 members (excludes halogenated alkanes) is 1. The van der Waals surface area contributed by atoms with Gasteiger partial charge in [-0.15, -0.1) is 5.10 Å². The van der Waals surface area contributed by atoms with Crippen molar-refractivity contribution in [1.29, 1.82) is 0 Å². The predicted molar refractivity (Wildman–Crippen MR) is 78.3 cm³/mol. The SMILES string of the molecule is CCCCn1nnc(NC(=O)c2ccc(OCC)cc2)n1. The van der Waals surface area contributed by atoms with Gasteiger partial charge in [-0.25, -0.2) is 0 Å². The minimum atomic E-state index is -0.270. The number of anilines is 1. The van der Waals surface area contributed by atoms with Gasteiger partial charge >= 0.3 is 0 Å². The first-order chi connectivity index (χ1) is 10.2. The van der Waals surface area contributed by atoms with E-state index in [9.17, 15) is 4.79 Å². The summed E-state index contributed by atoms with van der Waals surface area (Å²) < 4.78 is 5.33. The molecule has 0 saturated carbocycles. The fourth-order valence-corrected chi connectivity index (χ4v) is 1.73. The van der Waals surface area contributed by atoms with Crippen molar-refractivity contribution >= 4 is 11.9 Å². The second kappa shape index (κ2) is 7.37. The van der Waals surface area contributed by atoms with E-state index in [4.69, 9.17) is 4.74 Å². The summed E-state index contributed by atoms with van der Waals surface area (Å²) >= 11 is 0. The largest absolute Gasteiger partial charge is 0.494 e. The zero-order valence-corrected chi connectivity index (χ0v) is 12.2. The maximum atomic E-state index is 12.0. The molecule has 7 nitrogen and oxygen atoms in total. The molecule has 0 spiro atoms. The summed E-state index contributed by atoms with van der Waals surface area (Å²) in [5, 5.41) is 14.4. The number of carbonyl (C=O) groups is 1. The third-order valence-electron chi connectivity index (χ3n) is 2.82. The number of hydrogen-bond acceptors (Lipinski definition) is 5. The van der Waals surface area contributed by atoms with Gasteiger partial charge in [-0.05, 0) is 42.8 Å². The van der Waals surface area contributed by atoms with Gasteiger partial charge in [0.25, 0.3) is 11.9 Å². The van der Waals surface area contributed by atoms with Crippen molar-refractivity contribution in [3.63, 3.8) is 0 Å². The molecule has 0 saturated heterocycles. The fraction of sp³-hybridized carbons (Fsp3) is 0.429. The molecule has 7 heteroatoms. The third kappa shape index (κ3) is 4.27. The molecule has 2 aromatic rings. The number of tetrazole rings is 1. The number of aromatic nitrogens is 4. The minimum absolute atomic E-state index is 0.213. The number of carbonyl (C=O) groups excluding carboxylic acids is 1. The quantitative estimate of drug-likeness (QED) is 0.844. The van der Waals surface area contributed by atoms with Gasteiger partial charge in [0.05, 0.1) is 13.2 Å². The normalized spacial score (nSPS) is 10.4. The Morgan fingerprint density at radius 3 is 2.71 bits per heavy atom. The zero-order valence-electron chi connectivity index (χ0n) is 12.2. The lowest BCUT2D eigenvalue weighted by molar-refractivity contribution is 0.102. The third-order valence-corrected chi connectivity index (χ3v) is 2.82. The van der Waals surface area contributed by atoms with Crippen LogP contribution in [0, 0.1) is 0 Å². The Hall–Kier alpha value is -2.44. The summed E-state index contributed by atoms with van der Waals surface area (Å²) in [5.41, 5.74) is 0.517. The summed E-state index contributed by atoms with van der Waals surface area (Å²) in [6.45, 7) is 5.29. The molecule has 1 aromatic carbocycles. The Bertz CT molecular complexity index is 579. The zero-order chi connectivity index (χ0) is 15.1. The second-order valence-electron chi connectivity index (χ2n) is 4.47. The molecule has 1 amide bonds. The van der Waals surface area contributed by atoms with Crippen molar-refractivity contribution in [1.82, 2.24) is 20.2 Å². The summed E-state index contributed by atoms with van der Waals surface area (Å²) in [5.74, 6) is 0.677. The first-order valence-electron chi connectivity index (χ1n) is 7.05. The molecule has 0 aliphatic rings. The monoisotopic (exact) mass is 289 g/mol. The molecule has 1 heterocycles. The smallest absolute Gasteiger partial charge is 0.270 e. The molecule has 0 atom stereocenters. The molecular weight excluding hydrogens is 270 g/mol. The van der Waals surface area contributed by atoms with Crippen LogP contribution in [0.3, 0.4) is 0 Å². The van der Waals surface area contributed by atoms with E-state index in [1.807, 2.05) is 6.92 Å². The Morgan fingerprint density at radius 2 is 2.05 bits per heavy atom. The molecule has 0 bridgehead atoms. The lowest BCUT2D eigenvalue weighted by atomic mass is 10.2. The number of aryl methyl sites for hydroxylation is 1. The van der Waals surface area contributed by atoms with Crippen LogP contribution in [0.2, 0.25) is 0 Å². The van der Waals surface area contributed by atoms with E-state index in [0.717, 1.165) is 18.6 Å². The van der Waals surface area contributed by atoms with Crippen molar-refractivity contribution in [3.05, 3.63) is 29.8 Å². The topological polar surface area (TPSA) is 81.9 Å². The molecule has 0 aliphatic carbocycles. The predicted octanol–water partition coefficient (Wildman–Crippen LogP) is 2.12. The van der Waals surface area contributed by atoms with Gasteiger partial charge in [-0.3, -0.25) is 10.1 Å². The molecule has 1 aromatic heterocycles. The van der Waals surface area contributed by atoms with Gasteiger partial charge in [0.15, 0.2) is 0 Å². The van der Waals surface area contributed by atoms with Crippen LogP contribution >= 0.6 is 0 Å². The average molecular weight is 289 g/mol. The van der Waals surface area contributed by atoms with Crippen LogP contribution in [0.4, 0.5) is 5.95 Å². The number of hydrogen-bond donors (Lipinski definition) is 1. The molecule has 21 heavy (non-hydrogen) atoms. The van der Waals surface area contributed by atoms with Crippen LogP contribution in [0.25, 0.3) is 0 Å². The van der Waals surface area contributed by atoms with Gasteiger partial charge in [0.1, 0.15) is 5.75 Å². The van der Waals surface area contributed by atoms with Gasteiger partial charge < -0.3 is 4.74 Å².